The van der Waals surface area contributed by atoms with Gasteiger partial charge in [0.1, 0.15) is 0 Å². The van der Waals surface area contributed by atoms with Gasteiger partial charge in [0.15, 0.2) is 0 Å². The Bertz CT molecular complexity index is 560. The number of carbonyl (C=O) groups is 1. The summed E-state index contributed by atoms with van der Waals surface area (Å²) in [6.07, 6.45) is 1.91. The summed E-state index contributed by atoms with van der Waals surface area (Å²) in [6, 6.07) is 11.0. The number of aromatic nitrogens is 1. The first kappa shape index (κ1) is 13.3. The van der Waals surface area contributed by atoms with Crippen LogP contribution in [0.15, 0.2) is 42.6 Å². The predicted octanol–water partition coefficient (Wildman–Crippen LogP) is 3.52. The van der Waals surface area contributed by atoms with E-state index in [1.54, 1.807) is 12.3 Å². The van der Waals surface area contributed by atoms with E-state index in [9.17, 15) is 4.79 Å². The van der Waals surface area contributed by atoms with Gasteiger partial charge in [-0.25, -0.2) is 0 Å². The number of rotatable bonds is 3. The van der Waals surface area contributed by atoms with Gasteiger partial charge in [-0.2, -0.15) is 0 Å². The molecule has 1 aromatic heterocycles. The van der Waals surface area contributed by atoms with Crippen LogP contribution >= 0.6 is 34.2 Å². The Labute approximate surface area is 124 Å². The van der Waals surface area contributed by atoms with Crippen LogP contribution in [0.4, 0.5) is 5.69 Å². The van der Waals surface area contributed by atoms with E-state index >= 15 is 0 Å². The van der Waals surface area contributed by atoms with E-state index in [2.05, 4.69) is 32.9 Å². The number of amides is 1. The third-order valence-electron chi connectivity index (χ3n) is 2.27. The first-order chi connectivity index (χ1) is 8.65. The summed E-state index contributed by atoms with van der Waals surface area (Å²) in [5.74, 6) is -0.127. The van der Waals surface area contributed by atoms with Crippen LogP contribution in [-0.4, -0.2) is 10.9 Å². The summed E-state index contributed by atoms with van der Waals surface area (Å²) < 4.78 is 1.02. The number of halogens is 2. The Balaban J connectivity index is 2.05. The molecule has 0 aliphatic heterocycles. The number of nitrogens with zero attached hydrogens (tertiary/aromatic N) is 1. The number of anilines is 1. The molecule has 0 fully saturated rings. The first-order valence-corrected chi connectivity index (χ1v) is 6.75. The molecule has 5 heteroatoms. The highest BCUT2D eigenvalue weighted by atomic mass is 127. The second kappa shape index (κ2) is 6.15. The topological polar surface area (TPSA) is 42.0 Å². The highest BCUT2D eigenvalue weighted by molar-refractivity contribution is 14.1. The molecule has 2 rings (SSSR count). The van der Waals surface area contributed by atoms with Gasteiger partial charge in [0.25, 0.3) is 0 Å². The Morgan fingerprint density at radius 3 is 2.89 bits per heavy atom. The van der Waals surface area contributed by atoms with Crippen molar-refractivity contribution < 1.29 is 4.79 Å². The third kappa shape index (κ3) is 3.68. The molecule has 0 atom stereocenters. The van der Waals surface area contributed by atoms with Gasteiger partial charge in [0, 0.05) is 15.5 Å². The quantitative estimate of drug-likeness (QED) is 0.838. The molecule has 0 spiro atoms. The van der Waals surface area contributed by atoms with Crippen LogP contribution in [0.25, 0.3) is 0 Å². The number of pyridine rings is 1. The van der Waals surface area contributed by atoms with Crippen molar-refractivity contribution in [3.05, 3.63) is 56.9 Å². The average Bonchev–Trinajstić information content (AvgIpc) is 2.35. The summed E-state index contributed by atoms with van der Waals surface area (Å²) in [6.45, 7) is 0. The molecule has 0 aliphatic carbocycles. The molecule has 0 bridgehead atoms. The van der Waals surface area contributed by atoms with Gasteiger partial charge in [0.2, 0.25) is 5.91 Å². The molecule has 0 saturated carbocycles. The molecule has 0 radical (unpaired) electrons. The van der Waals surface area contributed by atoms with E-state index in [0.29, 0.717) is 10.7 Å². The lowest BCUT2D eigenvalue weighted by Gasteiger charge is -2.07. The van der Waals surface area contributed by atoms with Crippen molar-refractivity contribution in [1.82, 2.24) is 4.98 Å². The monoisotopic (exact) mass is 372 g/mol. The Kier molecular flexibility index (Phi) is 4.54. The molecule has 18 heavy (non-hydrogen) atoms. The molecule has 92 valence electrons. The molecule has 1 amide bonds. The molecule has 0 saturated heterocycles. The molecular weight excluding hydrogens is 363 g/mol. The SMILES string of the molecule is O=C(Cc1ccccn1)Nc1cc(I)ccc1Cl. The van der Waals surface area contributed by atoms with Crippen LogP contribution in [0.3, 0.4) is 0 Å². The van der Waals surface area contributed by atoms with E-state index < -0.39 is 0 Å². The maximum absolute atomic E-state index is 11.8. The van der Waals surface area contributed by atoms with Crippen LogP contribution in [-0.2, 0) is 11.2 Å². The van der Waals surface area contributed by atoms with Crippen LogP contribution in [0.5, 0.6) is 0 Å². The number of nitrogens with one attached hydrogen (secondary N) is 1. The molecular formula is C13H10ClIN2O. The Morgan fingerprint density at radius 1 is 1.33 bits per heavy atom. The fourth-order valence-electron chi connectivity index (χ4n) is 1.45. The molecule has 2 aromatic rings. The van der Waals surface area contributed by atoms with Gasteiger partial charge >= 0.3 is 0 Å². The summed E-state index contributed by atoms with van der Waals surface area (Å²) in [4.78, 5) is 15.9. The average molecular weight is 373 g/mol. The summed E-state index contributed by atoms with van der Waals surface area (Å²) in [5.41, 5.74) is 1.36. The van der Waals surface area contributed by atoms with Crippen LogP contribution in [0.1, 0.15) is 5.69 Å². The number of carbonyl (C=O) groups excluding carboxylic acids is 1. The van der Waals surface area contributed by atoms with E-state index in [4.69, 9.17) is 11.6 Å². The van der Waals surface area contributed by atoms with Crippen molar-refractivity contribution >= 4 is 45.8 Å². The summed E-state index contributed by atoms with van der Waals surface area (Å²) >= 11 is 8.18. The zero-order chi connectivity index (χ0) is 13.0. The lowest BCUT2D eigenvalue weighted by molar-refractivity contribution is -0.115. The fraction of sp³-hybridized carbons (Fsp3) is 0.0769. The Morgan fingerprint density at radius 2 is 2.17 bits per heavy atom. The minimum atomic E-state index is -0.127. The molecule has 1 heterocycles. The highest BCUT2D eigenvalue weighted by Gasteiger charge is 2.07. The lowest BCUT2D eigenvalue weighted by Crippen LogP contribution is -2.15. The number of hydrogen-bond acceptors (Lipinski definition) is 2. The van der Waals surface area contributed by atoms with Crippen molar-refractivity contribution in [2.75, 3.05) is 5.32 Å². The standard InChI is InChI=1S/C13H10ClIN2O/c14-11-5-4-9(15)7-12(11)17-13(18)8-10-3-1-2-6-16-10/h1-7H,8H2,(H,17,18). The molecule has 3 nitrogen and oxygen atoms in total. The molecule has 0 unspecified atom stereocenters. The second-order valence-electron chi connectivity index (χ2n) is 3.67. The van der Waals surface area contributed by atoms with Crippen molar-refractivity contribution in [3.63, 3.8) is 0 Å². The lowest BCUT2D eigenvalue weighted by atomic mass is 10.2. The van der Waals surface area contributed by atoms with E-state index in [0.717, 1.165) is 9.26 Å². The third-order valence-corrected chi connectivity index (χ3v) is 3.27. The van der Waals surface area contributed by atoms with E-state index in [1.807, 2.05) is 30.3 Å². The minimum absolute atomic E-state index is 0.127. The first-order valence-electron chi connectivity index (χ1n) is 5.30. The van der Waals surface area contributed by atoms with Crippen molar-refractivity contribution in [1.29, 1.82) is 0 Å². The van der Waals surface area contributed by atoms with Gasteiger partial charge in [-0.3, -0.25) is 9.78 Å². The largest absolute Gasteiger partial charge is 0.324 e. The van der Waals surface area contributed by atoms with Crippen LogP contribution in [0, 0.1) is 3.57 Å². The van der Waals surface area contributed by atoms with Crippen molar-refractivity contribution in [2.24, 2.45) is 0 Å². The van der Waals surface area contributed by atoms with E-state index in [-0.39, 0.29) is 12.3 Å². The fourth-order valence-corrected chi connectivity index (χ4v) is 2.11. The smallest absolute Gasteiger partial charge is 0.230 e. The van der Waals surface area contributed by atoms with Crippen molar-refractivity contribution in [2.45, 2.75) is 6.42 Å². The summed E-state index contributed by atoms with van der Waals surface area (Å²) in [5, 5.41) is 3.32. The molecule has 0 aliphatic rings. The minimum Gasteiger partial charge on any atom is -0.324 e. The zero-order valence-corrected chi connectivity index (χ0v) is 12.3. The van der Waals surface area contributed by atoms with Crippen LogP contribution in [0.2, 0.25) is 5.02 Å². The van der Waals surface area contributed by atoms with Gasteiger partial charge in [-0.15, -0.1) is 0 Å². The molecule has 1 N–H and O–H groups in total. The van der Waals surface area contributed by atoms with Crippen molar-refractivity contribution in [3.8, 4) is 0 Å². The second-order valence-corrected chi connectivity index (χ2v) is 5.32. The summed E-state index contributed by atoms with van der Waals surface area (Å²) in [7, 11) is 0. The number of benzene rings is 1. The zero-order valence-electron chi connectivity index (χ0n) is 9.36. The predicted molar refractivity (Wildman–Crippen MR) is 80.7 cm³/mol. The maximum Gasteiger partial charge on any atom is 0.230 e. The van der Waals surface area contributed by atoms with Gasteiger partial charge in [-0.1, -0.05) is 17.7 Å². The number of hydrogen-bond donors (Lipinski definition) is 1. The Hall–Kier alpha value is -1.14. The highest BCUT2D eigenvalue weighted by Crippen LogP contribution is 2.23. The van der Waals surface area contributed by atoms with Gasteiger partial charge in [0.05, 0.1) is 17.1 Å². The van der Waals surface area contributed by atoms with Gasteiger partial charge in [-0.05, 0) is 52.9 Å². The van der Waals surface area contributed by atoms with E-state index in [1.165, 1.54) is 0 Å². The maximum atomic E-state index is 11.8. The van der Waals surface area contributed by atoms with Crippen LogP contribution < -0.4 is 5.32 Å². The van der Waals surface area contributed by atoms with Gasteiger partial charge < -0.3 is 5.32 Å². The normalized spacial score (nSPS) is 10.1. The molecule has 1 aromatic carbocycles.